The highest BCUT2D eigenvalue weighted by Crippen LogP contribution is 2.40. The van der Waals surface area contributed by atoms with Crippen molar-refractivity contribution in [2.24, 2.45) is 0 Å². The van der Waals surface area contributed by atoms with Gasteiger partial charge in [-0.15, -0.1) is 11.8 Å². The first-order valence-electron chi connectivity index (χ1n) is 9.03. The highest BCUT2D eigenvalue weighted by molar-refractivity contribution is 8.03. The van der Waals surface area contributed by atoms with Crippen LogP contribution in [-0.4, -0.2) is 43.1 Å². The topological polar surface area (TPSA) is 69.0 Å². The Morgan fingerprint density at radius 3 is 2.57 bits per heavy atom. The molecule has 0 atom stereocenters. The molecule has 1 aromatic carbocycles. The summed E-state index contributed by atoms with van der Waals surface area (Å²) >= 11 is 1.30. The zero-order valence-electron chi connectivity index (χ0n) is 16.1. The number of methoxy groups -OCH3 is 1. The normalized spacial score (nSPS) is 14.5. The summed E-state index contributed by atoms with van der Waals surface area (Å²) < 4.78 is 16.3. The van der Waals surface area contributed by atoms with E-state index in [9.17, 15) is 9.59 Å². The zero-order chi connectivity index (χ0) is 20.1. The summed E-state index contributed by atoms with van der Waals surface area (Å²) in [6.07, 6.45) is 1.62. The van der Waals surface area contributed by atoms with E-state index in [0.717, 1.165) is 5.76 Å². The second-order valence-electron chi connectivity index (χ2n) is 6.45. The van der Waals surface area contributed by atoms with Gasteiger partial charge < -0.3 is 13.9 Å². The van der Waals surface area contributed by atoms with Crippen LogP contribution >= 0.6 is 11.8 Å². The van der Waals surface area contributed by atoms with Crippen LogP contribution in [0.5, 0.6) is 5.75 Å². The lowest BCUT2D eigenvalue weighted by atomic mass is 10.1. The standard InChI is InChI=1S/C21H23NO5S/c1-14(2)26-12-10-22-20(23)18(16-8-4-5-9-17(16)25-3)19(21(22)24)28-13-15-7-6-11-27-15/h4-9,11,14H,10,12-13H2,1-3H3. The molecule has 7 heteroatoms. The molecule has 0 spiro atoms. The van der Waals surface area contributed by atoms with E-state index in [1.54, 1.807) is 31.6 Å². The molecule has 2 amide bonds. The Bertz CT molecular complexity index is 873. The Morgan fingerprint density at radius 2 is 1.89 bits per heavy atom. The van der Waals surface area contributed by atoms with Crippen LogP contribution in [0.4, 0.5) is 0 Å². The van der Waals surface area contributed by atoms with E-state index in [0.29, 0.717) is 34.2 Å². The third-order valence-corrected chi connectivity index (χ3v) is 5.30. The van der Waals surface area contributed by atoms with Crippen molar-refractivity contribution >= 4 is 29.1 Å². The van der Waals surface area contributed by atoms with Gasteiger partial charge in [-0.25, -0.2) is 0 Å². The van der Waals surface area contributed by atoms with Gasteiger partial charge in [0.1, 0.15) is 11.5 Å². The maximum absolute atomic E-state index is 13.1. The molecule has 2 heterocycles. The molecule has 0 unspecified atom stereocenters. The number of thioether (sulfide) groups is 1. The zero-order valence-corrected chi connectivity index (χ0v) is 17.0. The van der Waals surface area contributed by atoms with E-state index in [2.05, 4.69) is 0 Å². The van der Waals surface area contributed by atoms with Gasteiger partial charge in [-0.3, -0.25) is 14.5 Å². The van der Waals surface area contributed by atoms with Crippen LogP contribution in [-0.2, 0) is 20.1 Å². The van der Waals surface area contributed by atoms with Crippen molar-refractivity contribution in [2.45, 2.75) is 25.7 Å². The quantitative estimate of drug-likeness (QED) is 0.597. The largest absolute Gasteiger partial charge is 0.496 e. The minimum atomic E-state index is -0.330. The first-order valence-corrected chi connectivity index (χ1v) is 10.0. The minimum absolute atomic E-state index is 0.0299. The van der Waals surface area contributed by atoms with Crippen LogP contribution in [0.3, 0.4) is 0 Å². The molecule has 3 rings (SSSR count). The molecular formula is C21H23NO5S. The third-order valence-electron chi connectivity index (χ3n) is 4.21. The first kappa shape index (κ1) is 20.2. The second-order valence-corrected chi connectivity index (χ2v) is 7.44. The Kier molecular flexibility index (Phi) is 6.59. The first-order chi connectivity index (χ1) is 13.5. The highest BCUT2D eigenvalue weighted by Gasteiger charge is 2.40. The number of amides is 2. The fourth-order valence-corrected chi connectivity index (χ4v) is 3.92. The van der Waals surface area contributed by atoms with Gasteiger partial charge in [-0.1, -0.05) is 18.2 Å². The van der Waals surface area contributed by atoms with Gasteiger partial charge in [0, 0.05) is 5.56 Å². The van der Waals surface area contributed by atoms with Crippen molar-refractivity contribution in [3.8, 4) is 5.75 Å². The Labute approximate surface area is 168 Å². The summed E-state index contributed by atoms with van der Waals surface area (Å²) in [4.78, 5) is 27.8. The fourth-order valence-electron chi connectivity index (χ4n) is 2.90. The lowest BCUT2D eigenvalue weighted by molar-refractivity contribution is -0.137. The average Bonchev–Trinajstić information content (AvgIpc) is 3.28. The number of furan rings is 1. The number of para-hydroxylation sites is 1. The average molecular weight is 401 g/mol. The van der Waals surface area contributed by atoms with Gasteiger partial charge in [0.05, 0.1) is 48.9 Å². The summed E-state index contributed by atoms with van der Waals surface area (Å²) in [6.45, 7) is 4.33. The number of nitrogens with zero attached hydrogens (tertiary/aromatic N) is 1. The number of benzene rings is 1. The van der Waals surface area contributed by atoms with Crippen LogP contribution in [0, 0.1) is 0 Å². The fraction of sp³-hybridized carbons (Fsp3) is 0.333. The van der Waals surface area contributed by atoms with Crippen molar-refractivity contribution < 1.29 is 23.5 Å². The molecule has 1 aliphatic heterocycles. The summed E-state index contributed by atoms with van der Waals surface area (Å²) in [5, 5.41) is 0. The predicted octanol–water partition coefficient (Wildman–Crippen LogP) is 3.73. The molecule has 0 aliphatic carbocycles. The summed E-state index contributed by atoms with van der Waals surface area (Å²) in [5.74, 6) is 1.10. The molecule has 0 radical (unpaired) electrons. The highest BCUT2D eigenvalue weighted by atomic mass is 32.2. The molecule has 2 aromatic rings. The molecule has 1 aromatic heterocycles. The van der Waals surface area contributed by atoms with E-state index in [-0.39, 0.29) is 24.5 Å². The molecule has 0 saturated heterocycles. The molecule has 0 N–H and O–H groups in total. The number of carbonyl (C=O) groups is 2. The molecule has 0 saturated carbocycles. The summed E-state index contributed by atoms with van der Waals surface area (Å²) in [7, 11) is 1.55. The van der Waals surface area contributed by atoms with Crippen LogP contribution < -0.4 is 4.74 Å². The molecular weight excluding hydrogens is 378 g/mol. The second kappa shape index (κ2) is 9.12. The summed E-state index contributed by atoms with van der Waals surface area (Å²) in [5.41, 5.74) is 0.973. The van der Waals surface area contributed by atoms with Crippen molar-refractivity contribution in [3.05, 3.63) is 58.9 Å². The third kappa shape index (κ3) is 4.31. The van der Waals surface area contributed by atoms with Gasteiger partial charge in [-0.2, -0.15) is 0 Å². The van der Waals surface area contributed by atoms with Crippen molar-refractivity contribution in [3.63, 3.8) is 0 Å². The van der Waals surface area contributed by atoms with Crippen LogP contribution in [0.25, 0.3) is 5.57 Å². The van der Waals surface area contributed by atoms with Gasteiger partial charge in [0.15, 0.2) is 0 Å². The van der Waals surface area contributed by atoms with E-state index < -0.39 is 0 Å². The molecule has 0 bridgehead atoms. The summed E-state index contributed by atoms with van der Waals surface area (Å²) in [6, 6.07) is 10.9. The van der Waals surface area contributed by atoms with E-state index in [4.69, 9.17) is 13.9 Å². The monoisotopic (exact) mass is 401 g/mol. The Hall–Kier alpha value is -2.51. The minimum Gasteiger partial charge on any atom is -0.496 e. The van der Waals surface area contributed by atoms with Crippen molar-refractivity contribution in [1.29, 1.82) is 0 Å². The molecule has 148 valence electrons. The molecule has 1 aliphatic rings. The maximum atomic E-state index is 13.1. The maximum Gasteiger partial charge on any atom is 0.268 e. The van der Waals surface area contributed by atoms with Crippen LogP contribution in [0.15, 0.2) is 52.0 Å². The van der Waals surface area contributed by atoms with Gasteiger partial charge >= 0.3 is 0 Å². The van der Waals surface area contributed by atoms with Crippen molar-refractivity contribution in [2.75, 3.05) is 20.3 Å². The van der Waals surface area contributed by atoms with Gasteiger partial charge in [0.2, 0.25) is 0 Å². The number of hydrogen-bond acceptors (Lipinski definition) is 6. The molecule has 0 fully saturated rings. The van der Waals surface area contributed by atoms with Gasteiger partial charge in [-0.05, 0) is 32.0 Å². The number of carbonyl (C=O) groups excluding carboxylic acids is 2. The lowest BCUT2D eigenvalue weighted by Crippen LogP contribution is -2.35. The SMILES string of the molecule is COc1ccccc1C1=C(SCc2ccco2)C(=O)N(CCOC(C)C)C1=O. The van der Waals surface area contributed by atoms with Crippen LogP contribution in [0.2, 0.25) is 0 Å². The predicted molar refractivity (Wildman–Crippen MR) is 108 cm³/mol. The number of imide groups is 1. The Morgan fingerprint density at radius 1 is 1.11 bits per heavy atom. The number of hydrogen-bond donors (Lipinski definition) is 0. The molecule has 28 heavy (non-hydrogen) atoms. The van der Waals surface area contributed by atoms with E-state index >= 15 is 0 Å². The molecule has 6 nitrogen and oxygen atoms in total. The smallest absolute Gasteiger partial charge is 0.268 e. The Balaban J connectivity index is 1.92. The van der Waals surface area contributed by atoms with Crippen molar-refractivity contribution in [1.82, 2.24) is 4.90 Å². The van der Waals surface area contributed by atoms with E-state index in [1.807, 2.05) is 32.0 Å². The lowest BCUT2D eigenvalue weighted by Gasteiger charge is -2.16. The van der Waals surface area contributed by atoms with Crippen LogP contribution in [0.1, 0.15) is 25.2 Å². The number of rotatable bonds is 9. The van der Waals surface area contributed by atoms with Gasteiger partial charge in [0.25, 0.3) is 11.8 Å². The number of ether oxygens (including phenoxy) is 2. The van der Waals surface area contributed by atoms with E-state index in [1.165, 1.54) is 16.7 Å².